The summed E-state index contributed by atoms with van der Waals surface area (Å²) < 4.78 is 6.85. The zero-order valence-electron chi connectivity index (χ0n) is 7.13. The molecular weight excluding hydrogens is 215 g/mol. The minimum atomic E-state index is 0.461. The Hall–Kier alpha value is -0.721. The molecule has 0 unspecified atom stereocenters. The van der Waals surface area contributed by atoms with Gasteiger partial charge in [0.1, 0.15) is 0 Å². The standard InChI is InChI=1S/C10H10OSe/c1-7-8-5-3-4-6-9(8)11-10(7)12-2/h3-6H,1-2H3. The summed E-state index contributed by atoms with van der Waals surface area (Å²) in [6.45, 7) is 2.13. The van der Waals surface area contributed by atoms with Crippen molar-refractivity contribution in [3.8, 4) is 0 Å². The first-order valence-electron chi connectivity index (χ1n) is 3.85. The van der Waals surface area contributed by atoms with E-state index in [4.69, 9.17) is 4.42 Å². The van der Waals surface area contributed by atoms with E-state index in [-0.39, 0.29) is 0 Å². The SMILES string of the molecule is C[Se]c1oc2ccccc2c1C. The molecule has 2 heteroatoms. The van der Waals surface area contributed by atoms with Crippen molar-refractivity contribution in [2.24, 2.45) is 0 Å². The Balaban J connectivity index is 2.78. The molecule has 0 atom stereocenters. The molecule has 2 rings (SSSR count). The van der Waals surface area contributed by atoms with Crippen LogP contribution in [0.4, 0.5) is 0 Å². The summed E-state index contributed by atoms with van der Waals surface area (Å²) in [6.07, 6.45) is 0. The van der Waals surface area contributed by atoms with Crippen LogP contribution in [0, 0.1) is 6.92 Å². The van der Waals surface area contributed by atoms with Crippen molar-refractivity contribution in [1.82, 2.24) is 0 Å². The van der Waals surface area contributed by atoms with E-state index in [1.807, 2.05) is 12.1 Å². The monoisotopic (exact) mass is 226 g/mol. The van der Waals surface area contributed by atoms with E-state index in [0.29, 0.717) is 15.0 Å². The van der Waals surface area contributed by atoms with Gasteiger partial charge in [-0.3, -0.25) is 0 Å². The molecule has 0 radical (unpaired) electrons. The molecule has 0 aliphatic carbocycles. The molecule has 0 saturated heterocycles. The molecule has 12 heavy (non-hydrogen) atoms. The third-order valence-electron chi connectivity index (χ3n) is 1.99. The maximum absolute atomic E-state index is 5.68. The van der Waals surface area contributed by atoms with E-state index in [1.54, 1.807) is 0 Å². The van der Waals surface area contributed by atoms with Gasteiger partial charge >= 0.3 is 77.6 Å². The second-order valence-electron chi connectivity index (χ2n) is 2.71. The number of hydrogen-bond acceptors (Lipinski definition) is 1. The van der Waals surface area contributed by atoms with Crippen molar-refractivity contribution in [3.05, 3.63) is 29.8 Å². The van der Waals surface area contributed by atoms with Gasteiger partial charge in [-0.15, -0.1) is 0 Å². The van der Waals surface area contributed by atoms with Crippen LogP contribution >= 0.6 is 0 Å². The topological polar surface area (TPSA) is 13.1 Å². The normalized spacial score (nSPS) is 10.8. The average Bonchev–Trinajstić information content (AvgIpc) is 2.44. The van der Waals surface area contributed by atoms with Gasteiger partial charge in [-0.25, -0.2) is 0 Å². The summed E-state index contributed by atoms with van der Waals surface area (Å²) in [4.78, 5) is 0. The molecule has 0 aliphatic rings. The Kier molecular flexibility index (Phi) is 1.95. The number of benzene rings is 1. The third-order valence-corrected chi connectivity index (χ3v) is 3.58. The van der Waals surface area contributed by atoms with Crippen molar-refractivity contribution in [1.29, 1.82) is 0 Å². The summed E-state index contributed by atoms with van der Waals surface area (Å²) in [5.41, 5.74) is 2.34. The van der Waals surface area contributed by atoms with Crippen molar-refractivity contribution in [2.45, 2.75) is 12.7 Å². The van der Waals surface area contributed by atoms with Gasteiger partial charge in [0.05, 0.1) is 0 Å². The van der Waals surface area contributed by atoms with Crippen molar-refractivity contribution < 1.29 is 4.42 Å². The Bertz CT molecular complexity index is 403. The molecule has 0 fully saturated rings. The fourth-order valence-corrected chi connectivity index (χ4v) is 2.58. The number of furan rings is 1. The van der Waals surface area contributed by atoms with Crippen LogP contribution in [0.1, 0.15) is 5.56 Å². The van der Waals surface area contributed by atoms with Gasteiger partial charge in [-0.1, -0.05) is 0 Å². The van der Waals surface area contributed by atoms with Crippen molar-refractivity contribution >= 4 is 30.6 Å². The summed E-state index contributed by atoms with van der Waals surface area (Å²) in [6, 6.07) is 8.20. The molecule has 62 valence electrons. The van der Waals surface area contributed by atoms with Crippen molar-refractivity contribution in [2.75, 3.05) is 0 Å². The van der Waals surface area contributed by atoms with Crippen molar-refractivity contribution in [3.63, 3.8) is 0 Å². The van der Waals surface area contributed by atoms with Gasteiger partial charge in [0.2, 0.25) is 0 Å². The molecule has 1 aromatic carbocycles. The number of para-hydroxylation sites is 1. The summed E-state index contributed by atoms with van der Waals surface area (Å²) >= 11 is 0.461. The zero-order valence-corrected chi connectivity index (χ0v) is 8.84. The van der Waals surface area contributed by atoms with E-state index in [0.717, 1.165) is 5.58 Å². The van der Waals surface area contributed by atoms with Gasteiger partial charge in [-0.2, -0.15) is 0 Å². The summed E-state index contributed by atoms with van der Waals surface area (Å²) in [5, 5.41) is 1.26. The van der Waals surface area contributed by atoms with Crippen LogP contribution in [0.3, 0.4) is 0 Å². The predicted octanol–water partition coefficient (Wildman–Crippen LogP) is 2.12. The van der Waals surface area contributed by atoms with Crippen LogP contribution in [0.2, 0.25) is 5.82 Å². The molecule has 1 heterocycles. The molecule has 0 saturated carbocycles. The molecular formula is C10H10OSe. The molecule has 0 aliphatic heterocycles. The molecule has 2 aromatic rings. The van der Waals surface area contributed by atoms with Crippen LogP contribution in [0.5, 0.6) is 0 Å². The second kappa shape index (κ2) is 2.96. The second-order valence-corrected chi connectivity index (χ2v) is 4.35. The first-order valence-corrected chi connectivity index (χ1v) is 6.42. The summed E-state index contributed by atoms with van der Waals surface area (Å²) in [7, 11) is 0. The molecule has 1 nitrogen and oxygen atoms in total. The van der Waals surface area contributed by atoms with E-state index in [9.17, 15) is 0 Å². The fraction of sp³-hybridized carbons (Fsp3) is 0.200. The van der Waals surface area contributed by atoms with Gasteiger partial charge in [0.25, 0.3) is 0 Å². The Morgan fingerprint density at radius 3 is 2.67 bits per heavy atom. The maximum atomic E-state index is 5.68. The number of hydrogen-bond donors (Lipinski definition) is 0. The van der Waals surface area contributed by atoms with E-state index in [2.05, 4.69) is 24.9 Å². The molecule has 0 amide bonds. The first-order chi connectivity index (χ1) is 5.83. The third kappa shape index (κ3) is 1.08. The van der Waals surface area contributed by atoms with Crippen LogP contribution < -0.4 is 4.66 Å². The molecule has 0 bridgehead atoms. The van der Waals surface area contributed by atoms with Gasteiger partial charge in [-0.05, 0) is 0 Å². The molecule has 0 N–H and O–H groups in total. The average molecular weight is 225 g/mol. The quantitative estimate of drug-likeness (QED) is 0.677. The predicted molar refractivity (Wildman–Crippen MR) is 52.2 cm³/mol. The number of aryl methyl sites for hydroxylation is 1. The molecule has 0 spiro atoms. The Morgan fingerprint density at radius 1 is 1.25 bits per heavy atom. The van der Waals surface area contributed by atoms with Crippen LogP contribution in [0.15, 0.2) is 28.7 Å². The Labute approximate surface area is 77.9 Å². The van der Waals surface area contributed by atoms with E-state index in [1.165, 1.54) is 15.6 Å². The fourth-order valence-electron chi connectivity index (χ4n) is 1.35. The van der Waals surface area contributed by atoms with E-state index < -0.39 is 0 Å². The van der Waals surface area contributed by atoms with Gasteiger partial charge in [0.15, 0.2) is 0 Å². The van der Waals surface area contributed by atoms with E-state index >= 15 is 0 Å². The van der Waals surface area contributed by atoms with Crippen LogP contribution in [0.25, 0.3) is 11.0 Å². The molecule has 1 aromatic heterocycles. The van der Waals surface area contributed by atoms with Gasteiger partial charge in [0, 0.05) is 0 Å². The number of rotatable bonds is 1. The zero-order chi connectivity index (χ0) is 8.55. The summed E-state index contributed by atoms with van der Waals surface area (Å²) in [5.74, 6) is 2.18. The number of fused-ring (bicyclic) bond motifs is 1. The van der Waals surface area contributed by atoms with Crippen LogP contribution in [-0.2, 0) is 0 Å². The van der Waals surface area contributed by atoms with Crippen LogP contribution in [-0.4, -0.2) is 15.0 Å². The Morgan fingerprint density at radius 2 is 2.00 bits per heavy atom. The first kappa shape index (κ1) is 7.90. The van der Waals surface area contributed by atoms with Gasteiger partial charge < -0.3 is 0 Å². The minimum absolute atomic E-state index is 0.461.